The number of primary amides is 1. The molecule has 3 aromatic rings. The number of rotatable bonds is 5. The molecule has 0 unspecified atom stereocenters. The number of halogens is 1. The van der Waals surface area contributed by atoms with E-state index in [4.69, 9.17) is 5.73 Å². The Morgan fingerprint density at radius 3 is 2.37 bits per heavy atom. The van der Waals surface area contributed by atoms with Crippen LogP contribution in [0, 0.1) is 5.82 Å². The number of fused-ring (bicyclic) bond motifs is 1. The van der Waals surface area contributed by atoms with Crippen LogP contribution in [0.5, 0.6) is 0 Å². The summed E-state index contributed by atoms with van der Waals surface area (Å²) >= 11 is 0. The molecule has 1 heterocycles. The number of amides is 2. The van der Waals surface area contributed by atoms with Crippen molar-refractivity contribution < 1.29 is 14.0 Å². The van der Waals surface area contributed by atoms with Gasteiger partial charge in [0.15, 0.2) is 0 Å². The van der Waals surface area contributed by atoms with Crippen LogP contribution < -0.4 is 16.0 Å². The van der Waals surface area contributed by atoms with Crippen LogP contribution in [0.3, 0.4) is 0 Å². The second-order valence-electron chi connectivity index (χ2n) is 7.35. The molecule has 1 aliphatic heterocycles. The molecule has 4 rings (SSSR count). The van der Waals surface area contributed by atoms with E-state index in [2.05, 4.69) is 16.3 Å². The number of hydrogen-bond acceptors (Lipinski definition) is 3. The zero-order chi connectivity index (χ0) is 21.1. The van der Waals surface area contributed by atoms with Crippen LogP contribution in [-0.4, -0.2) is 18.4 Å². The number of nitrogens with one attached hydrogen (secondary N) is 1. The third-order valence-corrected chi connectivity index (χ3v) is 5.31. The molecule has 0 saturated heterocycles. The normalized spacial score (nSPS) is 12.9. The van der Waals surface area contributed by atoms with Crippen molar-refractivity contribution in [3.63, 3.8) is 0 Å². The van der Waals surface area contributed by atoms with Crippen LogP contribution in [0.4, 0.5) is 15.8 Å². The summed E-state index contributed by atoms with van der Waals surface area (Å²) in [6, 6.07) is 18.7. The van der Waals surface area contributed by atoms with Crippen molar-refractivity contribution in [2.24, 2.45) is 5.73 Å². The Hall–Kier alpha value is -3.67. The van der Waals surface area contributed by atoms with Gasteiger partial charge in [-0.25, -0.2) is 4.39 Å². The van der Waals surface area contributed by atoms with E-state index in [-0.39, 0.29) is 11.7 Å². The molecular weight excluding hydrogens is 381 g/mol. The van der Waals surface area contributed by atoms with E-state index in [9.17, 15) is 14.0 Å². The minimum Gasteiger partial charge on any atom is -0.367 e. The zero-order valence-corrected chi connectivity index (χ0v) is 16.4. The third kappa shape index (κ3) is 4.17. The zero-order valence-electron chi connectivity index (χ0n) is 16.4. The number of hydrogen-bond donors (Lipinski definition) is 2. The van der Waals surface area contributed by atoms with E-state index in [1.54, 1.807) is 12.1 Å². The van der Waals surface area contributed by atoms with Gasteiger partial charge in [0, 0.05) is 35.6 Å². The maximum Gasteiger partial charge on any atom is 0.255 e. The Morgan fingerprint density at radius 1 is 0.967 bits per heavy atom. The maximum absolute atomic E-state index is 13.1. The van der Waals surface area contributed by atoms with Crippen LogP contribution in [-0.2, 0) is 13.0 Å². The predicted molar refractivity (Wildman–Crippen MR) is 115 cm³/mol. The summed E-state index contributed by atoms with van der Waals surface area (Å²) in [5, 5.41) is 2.97. The molecule has 30 heavy (non-hydrogen) atoms. The van der Waals surface area contributed by atoms with Crippen LogP contribution in [0.2, 0.25) is 0 Å². The quantitative estimate of drug-likeness (QED) is 0.673. The topological polar surface area (TPSA) is 75.4 Å². The SMILES string of the molecule is NC(=O)c1ccc(CN2CCCc3c(NC(=O)c4ccc(F)cc4)cccc32)cc1. The van der Waals surface area contributed by atoms with Crippen LogP contribution in [0.25, 0.3) is 0 Å². The molecule has 0 bridgehead atoms. The summed E-state index contributed by atoms with van der Waals surface area (Å²) < 4.78 is 13.1. The Labute approximate surface area is 174 Å². The van der Waals surface area contributed by atoms with Gasteiger partial charge in [0.2, 0.25) is 5.91 Å². The molecule has 1 aliphatic rings. The Kier molecular flexibility index (Phi) is 5.48. The summed E-state index contributed by atoms with van der Waals surface area (Å²) in [6.45, 7) is 1.60. The molecule has 0 fully saturated rings. The van der Waals surface area contributed by atoms with Crippen molar-refractivity contribution in [3.05, 3.63) is 94.8 Å². The first-order valence-corrected chi connectivity index (χ1v) is 9.84. The lowest BCUT2D eigenvalue weighted by atomic mass is 9.98. The van der Waals surface area contributed by atoms with Crippen molar-refractivity contribution in [1.29, 1.82) is 0 Å². The Balaban J connectivity index is 1.55. The van der Waals surface area contributed by atoms with Crippen LogP contribution >= 0.6 is 0 Å². The van der Waals surface area contributed by atoms with Gasteiger partial charge >= 0.3 is 0 Å². The van der Waals surface area contributed by atoms with Gasteiger partial charge in [-0.05, 0) is 72.5 Å². The largest absolute Gasteiger partial charge is 0.367 e. The van der Waals surface area contributed by atoms with Gasteiger partial charge in [0.1, 0.15) is 5.82 Å². The van der Waals surface area contributed by atoms with Crippen molar-refractivity contribution >= 4 is 23.2 Å². The highest BCUT2D eigenvalue weighted by molar-refractivity contribution is 6.05. The fourth-order valence-electron chi connectivity index (χ4n) is 3.77. The molecular formula is C24H22FN3O2. The van der Waals surface area contributed by atoms with Gasteiger partial charge in [-0.2, -0.15) is 0 Å². The standard InChI is InChI=1S/C24H22FN3O2/c25-19-12-10-18(11-13-19)24(30)27-21-4-1-5-22-20(21)3-2-14-28(22)15-16-6-8-17(9-7-16)23(26)29/h1,4-13H,2-3,14-15H2,(H2,26,29)(H,27,30). The second-order valence-corrected chi connectivity index (χ2v) is 7.35. The highest BCUT2D eigenvalue weighted by atomic mass is 19.1. The van der Waals surface area contributed by atoms with Crippen molar-refractivity contribution in [2.45, 2.75) is 19.4 Å². The van der Waals surface area contributed by atoms with Gasteiger partial charge in [-0.1, -0.05) is 18.2 Å². The van der Waals surface area contributed by atoms with E-state index in [1.165, 1.54) is 24.3 Å². The Morgan fingerprint density at radius 2 is 1.67 bits per heavy atom. The molecule has 0 spiro atoms. The summed E-state index contributed by atoms with van der Waals surface area (Å²) in [6.07, 6.45) is 1.84. The molecule has 152 valence electrons. The molecule has 0 aliphatic carbocycles. The van der Waals surface area contributed by atoms with Crippen LogP contribution in [0.15, 0.2) is 66.7 Å². The number of nitrogens with two attached hydrogens (primary N) is 1. The third-order valence-electron chi connectivity index (χ3n) is 5.31. The molecule has 0 radical (unpaired) electrons. The van der Waals surface area contributed by atoms with E-state index in [0.29, 0.717) is 17.7 Å². The monoisotopic (exact) mass is 403 g/mol. The lowest BCUT2D eigenvalue weighted by Crippen LogP contribution is -2.29. The van der Waals surface area contributed by atoms with Gasteiger partial charge in [0.25, 0.3) is 5.91 Å². The first-order valence-electron chi connectivity index (χ1n) is 9.84. The summed E-state index contributed by atoms with van der Waals surface area (Å²) in [5.41, 5.74) is 10.2. The van der Waals surface area contributed by atoms with Gasteiger partial charge < -0.3 is 16.0 Å². The van der Waals surface area contributed by atoms with Crippen LogP contribution in [0.1, 0.15) is 38.3 Å². The molecule has 3 N–H and O–H groups in total. The van der Waals surface area contributed by atoms with E-state index in [0.717, 1.165) is 41.9 Å². The average Bonchev–Trinajstić information content (AvgIpc) is 2.75. The average molecular weight is 403 g/mol. The lowest BCUT2D eigenvalue weighted by Gasteiger charge is -2.32. The molecule has 5 nitrogen and oxygen atoms in total. The van der Waals surface area contributed by atoms with E-state index < -0.39 is 5.91 Å². The molecule has 0 saturated carbocycles. The minimum absolute atomic E-state index is 0.262. The van der Waals surface area contributed by atoms with Crippen molar-refractivity contribution in [1.82, 2.24) is 0 Å². The van der Waals surface area contributed by atoms with E-state index in [1.807, 2.05) is 24.3 Å². The highest BCUT2D eigenvalue weighted by Gasteiger charge is 2.21. The van der Waals surface area contributed by atoms with Crippen molar-refractivity contribution in [2.75, 3.05) is 16.8 Å². The lowest BCUT2D eigenvalue weighted by molar-refractivity contribution is 0.0997. The number of benzene rings is 3. The smallest absolute Gasteiger partial charge is 0.255 e. The second kappa shape index (κ2) is 8.37. The number of nitrogens with zero attached hydrogens (tertiary/aromatic N) is 1. The highest BCUT2D eigenvalue weighted by Crippen LogP contribution is 2.34. The number of carbonyl (C=O) groups is 2. The first-order chi connectivity index (χ1) is 14.5. The fourth-order valence-corrected chi connectivity index (χ4v) is 3.77. The van der Waals surface area contributed by atoms with Crippen molar-refractivity contribution in [3.8, 4) is 0 Å². The molecule has 0 atom stereocenters. The summed E-state index contributed by atoms with van der Waals surface area (Å²) in [4.78, 5) is 26.1. The van der Waals surface area contributed by atoms with Gasteiger partial charge in [-0.15, -0.1) is 0 Å². The number of anilines is 2. The summed E-state index contributed by atoms with van der Waals surface area (Å²) in [5.74, 6) is -1.07. The summed E-state index contributed by atoms with van der Waals surface area (Å²) in [7, 11) is 0. The Bertz CT molecular complexity index is 1080. The van der Waals surface area contributed by atoms with Gasteiger partial charge in [0.05, 0.1) is 0 Å². The fraction of sp³-hybridized carbons (Fsp3) is 0.167. The predicted octanol–water partition coefficient (Wildman–Crippen LogP) is 4.13. The first kappa shape index (κ1) is 19.6. The maximum atomic E-state index is 13.1. The molecule has 2 amide bonds. The molecule has 0 aromatic heterocycles. The van der Waals surface area contributed by atoms with Gasteiger partial charge in [-0.3, -0.25) is 9.59 Å². The van der Waals surface area contributed by atoms with E-state index >= 15 is 0 Å². The minimum atomic E-state index is -0.439. The number of carbonyl (C=O) groups excluding carboxylic acids is 2. The molecule has 3 aromatic carbocycles. The molecule has 6 heteroatoms.